The number of anilines is 1. The van der Waals surface area contributed by atoms with Gasteiger partial charge in [-0.25, -0.2) is 4.99 Å². The molecule has 4 heterocycles. The zero-order chi connectivity index (χ0) is 46.8. The largest absolute Gasteiger partial charge is 0.466 e. The fourth-order valence-electron chi connectivity index (χ4n) is 8.81. The van der Waals surface area contributed by atoms with Crippen LogP contribution in [0.3, 0.4) is 0 Å². The van der Waals surface area contributed by atoms with E-state index in [1.807, 2.05) is 84.9 Å². The number of likely N-dealkylation sites (tertiary alicyclic amines) is 1. The first-order chi connectivity index (χ1) is 32.6. The van der Waals surface area contributed by atoms with Gasteiger partial charge in [-0.15, -0.1) is 0 Å². The van der Waals surface area contributed by atoms with Crippen molar-refractivity contribution < 1.29 is 52.5 Å². The van der Waals surface area contributed by atoms with Crippen LogP contribution < -0.4 is 10.6 Å². The summed E-state index contributed by atoms with van der Waals surface area (Å²) >= 11 is 0. The summed E-state index contributed by atoms with van der Waals surface area (Å²) in [6.07, 6.45) is 0.0421. The van der Waals surface area contributed by atoms with Gasteiger partial charge in [-0.2, -0.15) is 0 Å². The van der Waals surface area contributed by atoms with Crippen molar-refractivity contribution in [2.45, 2.75) is 50.0 Å². The second-order valence-electron chi connectivity index (χ2n) is 16.6. The highest BCUT2D eigenvalue weighted by Gasteiger charge is 2.57. The van der Waals surface area contributed by atoms with Gasteiger partial charge in [0.05, 0.1) is 52.8 Å². The molecule has 67 heavy (non-hydrogen) atoms. The number of hydrogen-bond donors (Lipinski definition) is 2. The lowest BCUT2D eigenvalue weighted by molar-refractivity contribution is -0.150. The van der Waals surface area contributed by atoms with Crippen LogP contribution in [0.25, 0.3) is 0 Å². The van der Waals surface area contributed by atoms with E-state index < -0.39 is 29.5 Å². The van der Waals surface area contributed by atoms with Crippen LogP contribution in [0.15, 0.2) is 108 Å². The van der Waals surface area contributed by atoms with E-state index in [1.165, 1.54) is 11.9 Å². The molecule has 350 valence electrons. The summed E-state index contributed by atoms with van der Waals surface area (Å²) in [5.41, 5.74) is 3.61. The highest BCUT2D eigenvalue weighted by atomic mass is 16.6. The molecule has 3 atom stereocenters. The van der Waals surface area contributed by atoms with Crippen LogP contribution in [0.4, 0.5) is 5.69 Å². The van der Waals surface area contributed by atoms with Crippen molar-refractivity contribution in [1.29, 1.82) is 0 Å². The van der Waals surface area contributed by atoms with Crippen LogP contribution in [0, 0.1) is 0 Å². The van der Waals surface area contributed by atoms with Crippen LogP contribution in [0.2, 0.25) is 0 Å². The predicted octanol–water partition coefficient (Wildman–Crippen LogP) is 3.45. The standard InChI is InChI=1S/C50H54N6O11/c1-54-44(59)20-19-41(48(54)61)56-31-39-38(47(56)60)17-10-18-40(39)52-43(58)33-66-28-27-65-26-25-64-24-23-63-22-21-51-42(57)32-55-30-36-15-8-9-16-37(36)45-50(49(55)62,29-34-11-4-2-5-12-34)53-46(67-45)35-13-6-3-7-14-35/h2-18,41,45H,19-33H2,1H3,(H,51,57)(H,52,58)/t41?,45-,50-/m0/s1. The summed E-state index contributed by atoms with van der Waals surface area (Å²) in [7, 11) is 1.42. The molecule has 4 aliphatic rings. The molecule has 6 amide bonds. The molecule has 17 nitrogen and oxygen atoms in total. The second kappa shape index (κ2) is 21.7. The fraction of sp³-hybridized carbons (Fsp3) is 0.380. The Morgan fingerprint density at radius 1 is 0.761 bits per heavy atom. The number of nitrogens with zero attached hydrogens (tertiary/aromatic N) is 4. The van der Waals surface area contributed by atoms with Gasteiger partial charge in [0.2, 0.25) is 23.6 Å². The van der Waals surface area contributed by atoms with Crippen molar-refractivity contribution in [2.24, 2.45) is 4.99 Å². The van der Waals surface area contributed by atoms with Crippen LogP contribution in [0.5, 0.6) is 0 Å². The normalized spacial score (nSPS) is 19.9. The minimum atomic E-state index is -1.33. The Balaban J connectivity index is 0.707. The van der Waals surface area contributed by atoms with Crippen molar-refractivity contribution in [2.75, 3.05) is 78.3 Å². The highest BCUT2D eigenvalue weighted by Crippen LogP contribution is 2.46. The number of likely N-dealkylation sites (N-methyl/N-ethyl adjacent to an activating group) is 1. The number of ether oxygens (including phenoxy) is 5. The van der Waals surface area contributed by atoms with E-state index in [2.05, 4.69) is 10.6 Å². The number of piperidine rings is 1. The number of benzene rings is 4. The Morgan fingerprint density at radius 2 is 1.43 bits per heavy atom. The number of rotatable bonds is 21. The summed E-state index contributed by atoms with van der Waals surface area (Å²) in [5, 5.41) is 5.68. The molecule has 0 aromatic heterocycles. The van der Waals surface area contributed by atoms with Crippen LogP contribution >= 0.6 is 0 Å². The Morgan fingerprint density at radius 3 is 2.18 bits per heavy atom. The van der Waals surface area contributed by atoms with Gasteiger partial charge >= 0.3 is 0 Å². The van der Waals surface area contributed by atoms with Gasteiger partial charge < -0.3 is 44.1 Å². The molecule has 0 saturated carbocycles. The number of carbonyl (C=O) groups excluding carboxylic acids is 6. The lowest BCUT2D eigenvalue weighted by Crippen LogP contribution is -2.53. The maximum absolute atomic E-state index is 14.8. The molecule has 8 rings (SSSR count). The number of hydrogen-bond acceptors (Lipinski definition) is 12. The average molecular weight is 915 g/mol. The monoisotopic (exact) mass is 914 g/mol. The Labute approximate surface area is 388 Å². The number of aliphatic imine (C=N–C) groups is 1. The quantitative estimate of drug-likeness (QED) is 0.0919. The van der Waals surface area contributed by atoms with Crippen molar-refractivity contribution in [1.82, 2.24) is 20.0 Å². The predicted molar refractivity (Wildman–Crippen MR) is 244 cm³/mol. The van der Waals surface area contributed by atoms with Gasteiger partial charge in [0.1, 0.15) is 12.6 Å². The van der Waals surface area contributed by atoms with Crippen LogP contribution in [0.1, 0.15) is 57.1 Å². The summed E-state index contributed by atoms with van der Waals surface area (Å²) in [6.45, 7) is 2.11. The van der Waals surface area contributed by atoms with Gasteiger partial charge in [0, 0.05) is 67.5 Å². The summed E-state index contributed by atoms with van der Waals surface area (Å²) in [6, 6.07) is 31.3. The molecule has 1 unspecified atom stereocenters. The van der Waals surface area contributed by atoms with Crippen molar-refractivity contribution in [3.05, 3.63) is 137 Å². The van der Waals surface area contributed by atoms with Gasteiger partial charge in [-0.1, -0.05) is 78.9 Å². The van der Waals surface area contributed by atoms with E-state index in [9.17, 15) is 28.8 Å². The minimum absolute atomic E-state index is 0.145. The number of carbonyl (C=O) groups is 6. The molecule has 17 heteroatoms. The van der Waals surface area contributed by atoms with Crippen molar-refractivity contribution >= 4 is 47.0 Å². The number of imide groups is 1. The van der Waals surface area contributed by atoms with Crippen LogP contribution in [-0.4, -0.2) is 141 Å². The summed E-state index contributed by atoms with van der Waals surface area (Å²) < 4.78 is 28.9. The van der Waals surface area contributed by atoms with Gasteiger partial charge in [0.15, 0.2) is 11.6 Å². The van der Waals surface area contributed by atoms with Crippen molar-refractivity contribution in [3.63, 3.8) is 0 Å². The molecule has 0 spiro atoms. The first-order valence-electron chi connectivity index (χ1n) is 22.5. The molecule has 4 aliphatic heterocycles. The first-order valence-corrected chi connectivity index (χ1v) is 22.5. The van der Waals surface area contributed by atoms with Gasteiger partial charge in [-0.3, -0.25) is 33.7 Å². The van der Waals surface area contributed by atoms with E-state index in [1.54, 1.807) is 23.1 Å². The van der Waals surface area contributed by atoms with Crippen LogP contribution in [-0.2, 0) is 67.2 Å². The zero-order valence-corrected chi connectivity index (χ0v) is 37.4. The van der Waals surface area contributed by atoms with Gasteiger partial charge in [0.25, 0.3) is 17.7 Å². The third-order valence-electron chi connectivity index (χ3n) is 12.2. The number of amides is 6. The smallest absolute Gasteiger partial charge is 0.256 e. The highest BCUT2D eigenvalue weighted by molar-refractivity contribution is 6.07. The second-order valence-corrected chi connectivity index (χ2v) is 16.6. The minimum Gasteiger partial charge on any atom is -0.466 e. The van der Waals surface area contributed by atoms with E-state index in [4.69, 9.17) is 28.7 Å². The summed E-state index contributed by atoms with van der Waals surface area (Å²) in [4.78, 5) is 87.8. The third-order valence-corrected chi connectivity index (χ3v) is 12.2. The maximum Gasteiger partial charge on any atom is 0.256 e. The molecule has 1 fully saturated rings. The number of nitrogens with one attached hydrogen (secondary N) is 2. The maximum atomic E-state index is 14.8. The molecule has 4 aromatic carbocycles. The molecule has 2 N–H and O–H groups in total. The Bertz CT molecular complexity index is 2490. The molecule has 0 aliphatic carbocycles. The molecule has 4 aromatic rings. The van der Waals surface area contributed by atoms with E-state index in [0.717, 1.165) is 27.2 Å². The van der Waals surface area contributed by atoms with E-state index >= 15 is 0 Å². The molecular weight excluding hydrogens is 861 g/mol. The summed E-state index contributed by atoms with van der Waals surface area (Å²) in [5.74, 6) is -1.61. The topological polar surface area (TPSA) is 195 Å². The SMILES string of the molecule is CN1C(=O)CCC(N2Cc3c(NC(=O)COCCOCCOCCOCCNC(=O)CN4Cc5ccccc5[C@@H]5OC(c6ccccc6)=N[C@]5(Cc5ccccc5)C4=O)cccc3C2=O)C1=O. The average Bonchev–Trinajstić information content (AvgIpc) is 3.87. The Hall–Kier alpha value is -6.79. The molecular formula is C50H54N6O11. The molecule has 0 radical (unpaired) electrons. The lowest BCUT2D eigenvalue weighted by Gasteiger charge is -2.33. The first kappa shape index (κ1) is 46.7. The van der Waals surface area contributed by atoms with E-state index in [0.29, 0.717) is 55.6 Å². The van der Waals surface area contributed by atoms with Crippen molar-refractivity contribution in [3.8, 4) is 0 Å². The molecule has 1 saturated heterocycles. The lowest BCUT2D eigenvalue weighted by atomic mass is 9.81. The van der Waals surface area contributed by atoms with E-state index in [-0.39, 0.29) is 89.1 Å². The Kier molecular flexibility index (Phi) is 15.1. The molecule has 0 bridgehead atoms. The van der Waals surface area contributed by atoms with Gasteiger partial charge in [-0.05, 0) is 41.8 Å². The fourth-order valence-corrected chi connectivity index (χ4v) is 8.81. The number of fused-ring (bicyclic) bond motifs is 4. The zero-order valence-electron chi connectivity index (χ0n) is 37.4. The third kappa shape index (κ3) is 10.8.